The van der Waals surface area contributed by atoms with Crippen molar-refractivity contribution in [3.05, 3.63) is 130 Å². The van der Waals surface area contributed by atoms with Gasteiger partial charge in [0, 0.05) is 75.5 Å². The molecule has 4 aliphatic rings. The average Bonchev–Trinajstić information content (AvgIpc) is 4.12. The Hall–Kier alpha value is -5.41. The van der Waals surface area contributed by atoms with Crippen molar-refractivity contribution in [1.82, 2.24) is 9.80 Å². The number of oxime groups is 1. The monoisotopic (exact) mass is 866 g/mol. The van der Waals surface area contributed by atoms with Crippen LogP contribution in [0.2, 0.25) is 0 Å². The molecule has 2 aliphatic heterocycles. The van der Waals surface area contributed by atoms with Crippen molar-refractivity contribution in [3.63, 3.8) is 0 Å². The summed E-state index contributed by atoms with van der Waals surface area (Å²) in [6, 6.07) is 17.0. The number of fused-ring (bicyclic) bond motifs is 2. The van der Waals surface area contributed by atoms with E-state index < -0.39 is 34.4 Å². The van der Waals surface area contributed by atoms with Crippen LogP contribution in [0, 0.1) is 33.7 Å². The molecule has 0 radical (unpaired) electrons. The molecule has 2 fully saturated rings. The van der Waals surface area contributed by atoms with E-state index in [9.17, 15) is 29.5 Å². The summed E-state index contributed by atoms with van der Waals surface area (Å²) in [4.78, 5) is 35.7. The molecule has 2 N–H and O–H groups in total. The highest BCUT2D eigenvalue weighted by atomic mass is 19.1. The Morgan fingerprint density at radius 1 is 1.06 bits per heavy atom. The third-order valence-corrected chi connectivity index (χ3v) is 12.6. The van der Waals surface area contributed by atoms with Crippen LogP contribution in [0.4, 0.5) is 10.1 Å². The van der Waals surface area contributed by atoms with Crippen molar-refractivity contribution in [1.29, 1.82) is 0 Å². The van der Waals surface area contributed by atoms with E-state index in [1.807, 2.05) is 19.1 Å². The molecule has 3 aromatic carbocycles. The third-order valence-electron chi connectivity index (χ3n) is 12.6. The van der Waals surface area contributed by atoms with Crippen LogP contribution in [-0.4, -0.2) is 101 Å². The smallest absolute Gasteiger partial charge is 0.269 e. The van der Waals surface area contributed by atoms with Gasteiger partial charge in [-0.05, 0) is 110 Å². The van der Waals surface area contributed by atoms with Crippen LogP contribution in [0.25, 0.3) is 6.08 Å². The van der Waals surface area contributed by atoms with Gasteiger partial charge in [0.2, 0.25) is 11.7 Å². The largest absolute Gasteiger partial charge is 0.492 e. The number of nitro groups is 1. The molecule has 63 heavy (non-hydrogen) atoms. The van der Waals surface area contributed by atoms with Crippen LogP contribution in [0.15, 0.2) is 102 Å². The lowest BCUT2D eigenvalue weighted by atomic mass is 9.55. The fourth-order valence-corrected chi connectivity index (χ4v) is 9.57. The summed E-state index contributed by atoms with van der Waals surface area (Å²) in [5, 5.41) is 36.0. The molecule has 2 heterocycles. The summed E-state index contributed by atoms with van der Waals surface area (Å²) in [7, 11) is 0. The minimum Gasteiger partial charge on any atom is -0.492 e. The number of halogens is 1. The summed E-state index contributed by atoms with van der Waals surface area (Å²) in [6.07, 6.45) is 11.7. The molecule has 2 aliphatic carbocycles. The topological polar surface area (TPSA) is 156 Å². The number of aliphatic hydroxyl groups is 2. The molecular weight excluding hydrogens is 808 g/mol. The number of rotatable bonds is 23. The number of allylic oxidation sites excluding steroid dienone is 1. The number of unbranched alkanes of at least 4 members (excludes halogenated alkanes) is 2. The van der Waals surface area contributed by atoms with Gasteiger partial charge >= 0.3 is 0 Å². The number of nitro benzene ring substituents is 1. The third kappa shape index (κ3) is 10.7. The molecule has 1 saturated carbocycles. The highest BCUT2D eigenvalue weighted by Crippen LogP contribution is 2.62. The predicted molar refractivity (Wildman–Crippen MR) is 238 cm³/mol. The van der Waals surface area contributed by atoms with Crippen molar-refractivity contribution in [2.75, 3.05) is 52.7 Å². The number of hydrogen-bond acceptors (Lipinski definition) is 11. The van der Waals surface area contributed by atoms with E-state index in [0.717, 1.165) is 62.2 Å². The Balaban J connectivity index is 1.41. The minimum absolute atomic E-state index is 0.0292. The van der Waals surface area contributed by atoms with Gasteiger partial charge in [0.05, 0.1) is 23.2 Å². The second-order valence-corrected chi connectivity index (χ2v) is 16.7. The number of benzene rings is 3. The van der Waals surface area contributed by atoms with E-state index in [1.165, 1.54) is 30.3 Å². The summed E-state index contributed by atoms with van der Waals surface area (Å²) in [5.74, 6) is -1.66. The number of carbonyl (C=O) groups excluding carboxylic acids is 1. The molecule has 1 amide bonds. The number of non-ortho nitro benzene ring substituents is 1. The van der Waals surface area contributed by atoms with Crippen molar-refractivity contribution < 1.29 is 43.4 Å². The van der Waals surface area contributed by atoms with Gasteiger partial charge < -0.3 is 34.2 Å². The van der Waals surface area contributed by atoms with Gasteiger partial charge in [-0.25, -0.2) is 4.39 Å². The number of nitrogens with zero attached hydrogens (tertiary/aromatic N) is 4. The van der Waals surface area contributed by atoms with Crippen LogP contribution < -0.4 is 9.47 Å². The number of aliphatic hydroxyl groups excluding tert-OH is 2. The van der Waals surface area contributed by atoms with E-state index in [0.29, 0.717) is 48.6 Å². The van der Waals surface area contributed by atoms with Crippen LogP contribution in [0.5, 0.6) is 11.5 Å². The van der Waals surface area contributed by atoms with Crippen molar-refractivity contribution >= 4 is 23.4 Å². The first-order valence-electron chi connectivity index (χ1n) is 22.2. The number of hydrogen-bond donors (Lipinski definition) is 2. The van der Waals surface area contributed by atoms with Gasteiger partial charge in [0.1, 0.15) is 36.6 Å². The van der Waals surface area contributed by atoms with Gasteiger partial charge in [0.25, 0.3) is 5.69 Å². The minimum atomic E-state index is -1.51. The predicted octanol–water partition coefficient (Wildman–Crippen LogP) is 7.82. The lowest BCUT2D eigenvalue weighted by Crippen LogP contribution is -2.70. The van der Waals surface area contributed by atoms with Crippen LogP contribution in [0.1, 0.15) is 74.5 Å². The zero-order chi connectivity index (χ0) is 44.3. The summed E-state index contributed by atoms with van der Waals surface area (Å²) in [6.45, 7) is 10.00. The molecule has 13 nitrogen and oxygen atoms in total. The zero-order valence-electron chi connectivity index (χ0n) is 36.0. The number of ether oxygens (including phenoxy) is 3. The average molecular weight is 867 g/mol. The Bertz CT molecular complexity index is 2140. The summed E-state index contributed by atoms with van der Waals surface area (Å²) < 4.78 is 35.1. The fraction of sp³-hybridized carbons (Fsp3) is 0.469. The molecule has 7 rings (SSSR count). The molecule has 1 saturated heterocycles. The summed E-state index contributed by atoms with van der Waals surface area (Å²) >= 11 is 0. The molecular formula is C49H59FN4O9. The maximum absolute atomic E-state index is 15.0. The molecule has 336 valence electrons. The number of amides is 1. The quantitative estimate of drug-likeness (QED) is 0.0241. The molecule has 0 bridgehead atoms. The lowest BCUT2D eigenvalue weighted by Gasteiger charge is -2.60. The fourth-order valence-electron chi connectivity index (χ4n) is 9.57. The Labute approximate surface area is 368 Å². The highest BCUT2D eigenvalue weighted by Gasteiger charge is 2.65. The van der Waals surface area contributed by atoms with Crippen molar-refractivity contribution in [3.8, 4) is 11.5 Å². The van der Waals surface area contributed by atoms with Crippen molar-refractivity contribution in [2.45, 2.75) is 76.2 Å². The molecule has 0 aromatic heterocycles. The first-order valence-corrected chi connectivity index (χ1v) is 22.2. The van der Waals surface area contributed by atoms with Crippen LogP contribution in [0.3, 0.4) is 0 Å². The molecule has 3 aromatic rings. The maximum Gasteiger partial charge on any atom is 0.269 e. The second kappa shape index (κ2) is 21.3. The first-order chi connectivity index (χ1) is 30.7. The Kier molecular flexibility index (Phi) is 15.4. The lowest BCUT2D eigenvalue weighted by molar-refractivity contribution is -0.384. The molecule has 0 spiro atoms. The van der Waals surface area contributed by atoms with E-state index in [2.05, 4.69) is 23.6 Å². The van der Waals surface area contributed by atoms with E-state index in [1.54, 1.807) is 41.3 Å². The SMILES string of the molecule is C=CCO[C@@]12Oc3ccc(OCCN4CC4)cc3[C@H]3[C@H](CCCCO)[C@@H](CCCCO)C=C(C(=NOCC)C[C@@H]1N(Cc1ccc(F)cc1)C(=O)C=Cc1ccc([N+](=O)[O-])cc1)[C@H]32. The van der Waals surface area contributed by atoms with Crippen molar-refractivity contribution in [2.24, 2.45) is 22.9 Å². The standard InChI is InChI=1S/C49H59FN4O9/c1-3-28-61-49-45(53(33-35-11-16-37(50)17-12-35)46(57)22-15-34-13-18-38(19-14-34)54(58)59)32-43(51-62-4-2)41-30-36(9-5-7-26-55)40(10-6-8-27-56)47(48(41)49)42-31-39(20-21-44(42)63-49)60-29-25-52-23-24-52/h3,11-22,30-31,36,40,45,47-48,55-56H,1,4-10,23-29,32-33H2,2H3/t36-,40+,45-,47+,48+,49+/m0/s1. The van der Waals surface area contributed by atoms with Gasteiger partial charge in [0.15, 0.2) is 0 Å². The van der Waals surface area contributed by atoms with Gasteiger partial charge in [-0.3, -0.25) is 19.8 Å². The van der Waals surface area contributed by atoms with E-state index in [4.69, 9.17) is 24.2 Å². The highest BCUT2D eigenvalue weighted by molar-refractivity contribution is 6.03. The molecule has 0 unspecified atom stereocenters. The van der Waals surface area contributed by atoms with E-state index in [-0.39, 0.29) is 56.2 Å². The summed E-state index contributed by atoms with van der Waals surface area (Å²) in [5.41, 5.74) is 3.71. The van der Waals surface area contributed by atoms with Gasteiger partial charge in [-0.2, -0.15) is 0 Å². The Morgan fingerprint density at radius 2 is 1.81 bits per heavy atom. The van der Waals surface area contributed by atoms with Crippen LogP contribution >= 0.6 is 0 Å². The van der Waals surface area contributed by atoms with Gasteiger partial charge in [-0.15, -0.1) is 6.58 Å². The Morgan fingerprint density at radius 3 is 2.49 bits per heavy atom. The molecule has 14 heteroatoms. The van der Waals surface area contributed by atoms with Gasteiger partial charge in [-0.1, -0.05) is 42.3 Å². The molecule has 6 atom stereocenters. The van der Waals surface area contributed by atoms with Crippen LogP contribution in [-0.2, 0) is 20.9 Å². The maximum atomic E-state index is 15.0. The normalized spacial score (nSPS) is 24.2. The first kappa shape index (κ1) is 45.6. The van der Waals surface area contributed by atoms with E-state index >= 15 is 0 Å². The second-order valence-electron chi connectivity index (χ2n) is 16.7. The zero-order valence-corrected chi connectivity index (χ0v) is 36.0. The number of carbonyl (C=O) groups is 1.